The Morgan fingerprint density at radius 2 is 2.00 bits per heavy atom. The quantitative estimate of drug-likeness (QED) is 0.608. The minimum absolute atomic E-state index is 0. The van der Waals surface area contributed by atoms with Crippen LogP contribution in [0.3, 0.4) is 0 Å². The molecule has 0 aromatic rings. The van der Waals surface area contributed by atoms with Gasteiger partial charge in [-0.3, -0.25) is 4.79 Å². The monoisotopic (exact) mass is 177 g/mol. The zero-order chi connectivity index (χ0) is 8.85. The van der Waals surface area contributed by atoms with Crippen LogP contribution in [0, 0.1) is 0 Å². The molecule has 4 N–H and O–H groups in total. The van der Waals surface area contributed by atoms with Gasteiger partial charge in [-0.15, -0.1) is 0 Å². The second-order valence-corrected chi connectivity index (χ2v) is 2.38. The van der Waals surface area contributed by atoms with Crippen molar-refractivity contribution >= 4 is 11.9 Å². The minimum atomic E-state index is -0.970. The van der Waals surface area contributed by atoms with Gasteiger partial charge in [0.1, 0.15) is 6.04 Å². The van der Waals surface area contributed by atoms with E-state index >= 15 is 0 Å². The molecule has 0 aliphatic heterocycles. The summed E-state index contributed by atoms with van der Waals surface area (Å²) in [5, 5.41) is 10.9. The standard InChI is InChI=1S/C7H13NO3.H2O/c1-3-4-6(7(10)11)8-5(2)9;/h6H,3-4H2,1-2H3,(H,8,9)(H,10,11);1H2/t6-;/m0./s1. The summed E-state index contributed by atoms with van der Waals surface area (Å²) in [6.07, 6.45) is 1.23. The van der Waals surface area contributed by atoms with Crippen LogP contribution in [0.25, 0.3) is 0 Å². The maximum absolute atomic E-state index is 10.5. The van der Waals surface area contributed by atoms with Crippen LogP contribution >= 0.6 is 0 Å². The zero-order valence-electron chi connectivity index (χ0n) is 7.26. The third-order valence-electron chi connectivity index (χ3n) is 1.25. The van der Waals surface area contributed by atoms with E-state index in [4.69, 9.17) is 5.11 Å². The van der Waals surface area contributed by atoms with Crippen molar-refractivity contribution in [2.24, 2.45) is 0 Å². The maximum Gasteiger partial charge on any atom is 0.326 e. The van der Waals surface area contributed by atoms with Gasteiger partial charge >= 0.3 is 5.97 Å². The molecule has 0 aliphatic rings. The number of nitrogens with one attached hydrogen (secondary N) is 1. The van der Waals surface area contributed by atoms with Gasteiger partial charge in [-0.2, -0.15) is 0 Å². The number of hydrogen-bond acceptors (Lipinski definition) is 2. The molecule has 72 valence electrons. The molecule has 0 aliphatic carbocycles. The predicted octanol–water partition coefficient (Wildman–Crippen LogP) is -0.449. The average Bonchev–Trinajstić information content (AvgIpc) is 1.86. The molecule has 5 heteroatoms. The lowest BCUT2D eigenvalue weighted by molar-refractivity contribution is -0.141. The maximum atomic E-state index is 10.5. The van der Waals surface area contributed by atoms with Gasteiger partial charge in [0.25, 0.3) is 0 Å². The van der Waals surface area contributed by atoms with Crippen LogP contribution in [0.5, 0.6) is 0 Å². The summed E-state index contributed by atoms with van der Waals surface area (Å²) in [5.74, 6) is -1.27. The molecule has 0 aromatic carbocycles. The topological polar surface area (TPSA) is 97.9 Å². The van der Waals surface area contributed by atoms with Crippen LogP contribution in [-0.2, 0) is 9.59 Å². The van der Waals surface area contributed by atoms with Crippen molar-refractivity contribution < 1.29 is 20.2 Å². The normalized spacial score (nSPS) is 11.2. The number of aliphatic carboxylic acids is 1. The Morgan fingerprint density at radius 1 is 1.50 bits per heavy atom. The van der Waals surface area contributed by atoms with Gasteiger partial charge < -0.3 is 15.9 Å². The van der Waals surface area contributed by atoms with Crippen molar-refractivity contribution in [3.8, 4) is 0 Å². The Morgan fingerprint density at radius 3 is 2.25 bits per heavy atom. The van der Waals surface area contributed by atoms with Crippen molar-refractivity contribution in [2.75, 3.05) is 0 Å². The highest BCUT2D eigenvalue weighted by molar-refractivity contribution is 5.81. The van der Waals surface area contributed by atoms with E-state index in [9.17, 15) is 9.59 Å². The molecule has 0 rings (SSSR count). The third-order valence-corrected chi connectivity index (χ3v) is 1.25. The Labute approximate surface area is 71.1 Å². The highest BCUT2D eigenvalue weighted by atomic mass is 16.4. The fourth-order valence-electron chi connectivity index (χ4n) is 0.791. The highest BCUT2D eigenvalue weighted by Gasteiger charge is 2.15. The highest BCUT2D eigenvalue weighted by Crippen LogP contribution is 1.95. The number of hydrogen-bond donors (Lipinski definition) is 2. The number of carbonyl (C=O) groups is 2. The lowest BCUT2D eigenvalue weighted by Crippen LogP contribution is -2.39. The van der Waals surface area contributed by atoms with Crippen molar-refractivity contribution in [1.82, 2.24) is 5.32 Å². The first-order chi connectivity index (χ1) is 5.07. The van der Waals surface area contributed by atoms with Crippen LogP contribution < -0.4 is 5.32 Å². The smallest absolute Gasteiger partial charge is 0.326 e. The Balaban J connectivity index is 0. The second kappa shape index (κ2) is 6.60. The number of carbonyl (C=O) groups excluding carboxylic acids is 1. The van der Waals surface area contributed by atoms with Gasteiger partial charge in [0.05, 0.1) is 0 Å². The first-order valence-corrected chi connectivity index (χ1v) is 3.57. The van der Waals surface area contributed by atoms with Gasteiger partial charge in [0.2, 0.25) is 5.91 Å². The molecule has 0 spiro atoms. The molecule has 12 heavy (non-hydrogen) atoms. The predicted molar refractivity (Wildman–Crippen MR) is 43.8 cm³/mol. The molecule has 0 unspecified atom stereocenters. The lowest BCUT2D eigenvalue weighted by atomic mass is 10.2. The van der Waals surface area contributed by atoms with Crippen LogP contribution in [0.2, 0.25) is 0 Å². The van der Waals surface area contributed by atoms with E-state index in [1.54, 1.807) is 0 Å². The van der Waals surface area contributed by atoms with E-state index < -0.39 is 12.0 Å². The van der Waals surface area contributed by atoms with Gasteiger partial charge in [-0.1, -0.05) is 13.3 Å². The van der Waals surface area contributed by atoms with Gasteiger partial charge in [-0.25, -0.2) is 4.79 Å². The molecule has 0 radical (unpaired) electrons. The zero-order valence-corrected chi connectivity index (χ0v) is 7.26. The van der Waals surface area contributed by atoms with Gasteiger partial charge in [-0.05, 0) is 6.42 Å². The molecule has 0 saturated carbocycles. The summed E-state index contributed by atoms with van der Waals surface area (Å²) in [7, 11) is 0. The number of amides is 1. The summed E-state index contributed by atoms with van der Waals surface area (Å²) in [4.78, 5) is 20.9. The van der Waals surface area contributed by atoms with Gasteiger partial charge in [0, 0.05) is 6.92 Å². The molecule has 1 atom stereocenters. The summed E-state index contributed by atoms with van der Waals surface area (Å²) in [5.41, 5.74) is 0. The molecular weight excluding hydrogens is 162 g/mol. The van der Waals surface area contributed by atoms with Crippen molar-refractivity contribution in [3.05, 3.63) is 0 Å². The fourth-order valence-corrected chi connectivity index (χ4v) is 0.791. The minimum Gasteiger partial charge on any atom is -0.480 e. The van der Waals surface area contributed by atoms with Gasteiger partial charge in [0.15, 0.2) is 0 Å². The molecule has 0 bridgehead atoms. The fraction of sp³-hybridized carbons (Fsp3) is 0.714. The van der Waals surface area contributed by atoms with E-state index in [2.05, 4.69) is 5.32 Å². The van der Waals surface area contributed by atoms with Crippen molar-refractivity contribution in [2.45, 2.75) is 32.7 Å². The van der Waals surface area contributed by atoms with Crippen LogP contribution in [-0.4, -0.2) is 28.5 Å². The van der Waals surface area contributed by atoms with Crippen molar-refractivity contribution in [1.29, 1.82) is 0 Å². The van der Waals surface area contributed by atoms with E-state index in [0.717, 1.165) is 6.42 Å². The molecule has 5 nitrogen and oxygen atoms in total. The number of carboxylic acids is 1. The van der Waals surface area contributed by atoms with Crippen LogP contribution in [0.15, 0.2) is 0 Å². The van der Waals surface area contributed by atoms with E-state index in [1.165, 1.54) is 6.92 Å². The first kappa shape index (κ1) is 13.5. The van der Waals surface area contributed by atoms with E-state index in [0.29, 0.717) is 6.42 Å². The molecule has 0 saturated heterocycles. The first-order valence-electron chi connectivity index (χ1n) is 3.57. The molecule has 0 heterocycles. The van der Waals surface area contributed by atoms with Crippen LogP contribution in [0.4, 0.5) is 0 Å². The van der Waals surface area contributed by atoms with E-state index in [-0.39, 0.29) is 11.4 Å². The number of carboxylic acid groups (broad SMARTS) is 1. The largest absolute Gasteiger partial charge is 0.480 e. The second-order valence-electron chi connectivity index (χ2n) is 2.38. The average molecular weight is 177 g/mol. The summed E-state index contributed by atoms with van der Waals surface area (Å²) in [6, 6.07) is -0.725. The molecule has 0 aromatic heterocycles. The van der Waals surface area contributed by atoms with E-state index in [1.807, 2.05) is 6.92 Å². The van der Waals surface area contributed by atoms with Crippen LogP contribution in [0.1, 0.15) is 26.7 Å². The SMILES string of the molecule is CCC[C@H](NC(C)=O)C(=O)O.O. The van der Waals surface area contributed by atoms with Crippen molar-refractivity contribution in [3.63, 3.8) is 0 Å². The molecule has 0 fully saturated rings. The summed E-state index contributed by atoms with van der Waals surface area (Å²) >= 11 is 0. The lowest BCUT2D eigenvalue weighted by Gasteiger charge is -2.10. The Kier molecular flexibility index (Phi) is 7.42. The Bertz CT molecular complexity index is 157. The summed E-state index contributed by atoms with van der Waals surface area (Å²) in [6.45, 7) is 3.18. The Hall–Kier alpha value is -1.10. The molecular formula is C7H15NO4. The third kappa shape index (κ3) is 5.67. The number of rotatable bonds is 4. The summed E-state index contributed by atoms with van der Waals surface area (Å²) < 4.78 is 0. The molecule has 1 amide bonds.